The molecule has 0 radical (unpaired) electrons. The molecule has 1 unspecified atom stereocenters. The van der Waals surface area contributed by atoms with Crippen LogP contribution in [0.3, 0.4) is 0 Å². The number of amides is 5. The van der Waals surface area contributed by atoms with Crippen LogP contribution in [0.15, 0.2) is 60.7 Å². The number of hydrogen-bond acceptors (Lipinski definition) is 13. The van der Waals surface area contributed by atoms with Crippen LogP contribution in [0, 0.1) is 5.92 Å². The van der Waals surface area contributed by atoms with Crippen LogP contribution in [0.2, 0.25) is 0 Å². The Kier molecular flexibility index (Phi) is 15.8. The highest BCUT2D eigenvalue weighted by molar-refractivity contribution is 6.23. The molecule has 4 aliphatic rings. The summed E-state index contributed by atoms with van der Waals surface area (Å²) in [6, 6.07) is 14.0. The van der Waals surface area contributed by atoms with E-state index in [9.17, 15) is 42.3 Å². The average Bonchev–Trinajstić information content (AvgIpc) is 3.81. The third-order valence-corrected chi connectivity index (χ3v) is 12.9. The number of aliphatic hydroxyl groups excluding tert-OH is 1. The van der Waals surface area contributed by atoms with E-state index >= 15 is 0 Å². The van der Waals surface area contributed by atoms with Gasteiger partial charge in [-0.15, -0.1) is 0 Å². The van der Waals surface area contributed by atoms with Crippen molar-refractivity contribution in [2.45, 2.75) is 63.3 Å². The SMILES string of the molecule is O=C1CCC(N2C(=O)c3ccc(OCCOCCOCCOCCN4CCN(Cc5ccc6c(c5)nc(NC(=O)c5cccc(C(F)(F)F)c5)n6C5CCC(CO)CC5)CC4)cc3C2=O)C(=O)N1. The van der Waals surface area contributed by atoms with Crippen LogP contribution in [0.25, 0.3) is 11.0 Å². The molecular formula is C48H56F3N7O10. The van der Waals surface area contributed by atoms with Crippen LogP contribution < -0.4 is 15.4 Å². The second kappa shape index (κ2) is 22.1. The molecule has 0 bridgehead atoms. The minimum atomic E-state index is -4.58. The van der Waals surface area contributed by atoms with Crippen molar-refractivity contribution in [3.8, 4) is 5.75 Å². The van der Waals surface area contributed by atoms with Crippen molar-refractivity contribution in [2.75, 3.05) is 90.9 Å². The summed E-state index contributed by atoms with van der Waals surface area (Å²) in [6.45, 7) is 7.76. The van der Waals surface area contributed by atoms with Crippen LogP contribution in [0.1, 0.15) is 86.8 Å². The molecular weight excluding hydrogens is 892 g/mol. The highest BCUT2D eigenvalue weighted by Gasteiger charge is 2.45. The topological polar surface area (TPSA) is 194 Å². The molecule has 0 spiro atoms. The Hall–Kier alpha value is -5.77. The fourth-order valence-electron chi connectivity index (χ4n) is 9.22. The molecule has 3 fully saturated rings. The zero-order valence-electron chi connectivity index (χ0n) is 37.6. The molecule has 3 aromatic carbocycles. The van der Waals surface area contributed by atoms with Gasteiger partial charge >= 0.3 is 6.18 Å². The van der Waals surface area contributed by atoms with Crippen LogP contribution in [0.4, 0.5) is 19.1 Å². The van der Waals surface area contributed by atoms with Crippen LogP contribution in [-0.2, 0) is 36.5 Å². The number of hydrogen-bond donors (Lipinski definition) is 3. The molecule has 4 aromatic rings. The number of piperazine rings is 1. The van der Waals surface area contributed by atoms with E-state index in [1.54, 1.807) is 6.07 Å². The minimum absolute atomic E-state index is 0.00992. The molecule has 5 amide bonds. The van der Waals surface area contributed by atoms with Crippen molar-refractivity contribution < 1.29 is 61.2 Å². The minimum Gasteiger partial charge on any atom is -0.491 e. The Morgan fingerprint density at radius 2 is 1.47 bits per heavy atom. The van der Waals surface area contributed by atoms with E-state index in [1.165, 1.54) is 24.3 Å². The van der Waals surface area contributed by atoms with E-state index in [1.807, 2.05) is 16.7 Å². The summed E-state index contributed by atoms with van der Waals surface area (Å²) in [5, 5.41) is 14.7. The number of nitrogens with zero attached hydrogens (tertiary/aromatic N) is 5. The van der Waals surface area contributed by atoms with Gasteiger partial charge in [-0.2, -0.15) is 13.2 Å². The lowest BCUT2D eigenvalue weighted by Crippen LogP contribution is -2.54. The number of halogens is 3. The number of carbonyl (C=O) groups is 5. The fraction of sp³-hybridized carbons (Fsp3) is 0.500. The number of imidazole rings is 1. The van der Waals surface area contributed by atoms with Crippen molar-refractivity contribution in [1.82, 2.24) is 29.6 Å². The van der Waals surface area contributed by atoms with Gasteiger partial charge < -0.3 is 28.6 Å². The predicted molar refractivity (Wildman–Crippen MR) is 240 cm³/mol. The van der Waals surface area contributed by atoms with Gasteiger partial charge in [0, 0.05) is 63.9 Å². The first-order chi connectivity index (χ1) is 32.9. The van der Waals surface area contributed by atoms with Gasteiger partial charge in [-0.3, -0.25) is 49.3 Å². The Morgan fingerprint density at radius 3 is 2.18 bits per heavy atom. The molecule has 2 saturated heterocycles. The monoisotopic (exact) mass is 947 g/mol. The summed E-state index contributed by atoms with van der Waals surface area (Å²) in [6.07, 6.45) is -1.25. The van der Waals surface area contributed by atoms with Gasteiger partial charge in [-0.25, -0.2) is 4.98 Å². The van der Waals surface area contributed by atoms with Crippen LogP contribution >= 0.6 is 0 Å². The number of rotatable bonds is 20. The summed E-state index contributed by atoms with van der Waals surface area (Å²) in [5.74, 6) is -2.05. The lowest BCUT2D eigenvalue weighted by molar-refractivity contribution is -0.138. The number of nitrogens with one attached hydrogen (secondary N) is 2. The van der Waals surface area contributed by atoms with E-state index in [4.69, 9.17) is 23.9 Å². The van der Waals surface area contributed by atoms with Crippen molar-refractivity contribution >= 4 is 46.5 Å². The second-order valence-electron chi connectivity index (χ2n) is 17.5. The molecule has 17 nitrogen and oxygen atoms in total. The lowest BCUT2D eigenvalue weighted by Gasteiger charge is -2.34. The number of aliphatic hydroxyl groups is 1. The first kappa shape index (κ1) is 48.7. The quantitative estimate of drug-likeness (QED) is 0.0818. The maximum absolute atomic E-state index is 13.4. The van der Waals surface area contributed by atoms with Gasteiger partial charge in [0.25, 0.3) is 17.7 Å². The molecule has 8 rings (SSSR count). The first-order valence-electron chi connectivity index (χ1n) is 23.1. The summed E-state index contributed by atoms with van der Waals surface area (Å²) >= 11 is 0. The van der Waals surface area contributed by atoms with Crippen molar-refractivity contribution in [3.63, 3.8) is 0 Å². The van der Waals surface area contributed by atoms with Gasteiger partial charge in [0.1, 0.15) is 18.4 Å². The molecule has 3 aliphatic heterocycles. The third kappa shape index (κ3) is 11.7. The van der Waals surface area contributed by atoms with E-state index in [0.29, 0.717) is 56.8 Å². The van der Waals surface area contributed by atoms with E-state index in [0.717, 1.165) is 86.5 Å². The molecule has 1 atom stereocenters. The van der Waals surface area contributed by atoms with Gasteiger partial charge in [0.2, 0.25) is 17.8 Å². The van der Waals surface area contributed by atoms with Crippen molar-refractivity contribution in [2.24, 2.45) is 5.92 Å². The number of ether oxygens (including phenoxy) is 4. The molecule has 4 heterocycles. The number of piperidine rings is 1. The van der Waals surface area contributed by atoms with E-state index in [-0.39, 0.29) is 61.3 Å². The van der Waals surface area contributed by atoms with Gasteiger partial charge in [-0.1, -0.05) is 12.1 Å². The summed E-state index contributed by atoms with van der Waals surface area (Å²) in [7, 11) is 0. The molecule has 3 N–H and O–H groups in total. The Bertz CT molecular complexity index is 2470. The highest BCUT2D eigenvalue weighted by atomic mass is 19.4. The van der Waals surface area contributed by atoms with Gasteiger partial charge in [0.05, 0.1) is 67.4 Å². The average molecular weight is 948 g/mol. The second-order valence-corrected chi connectivity index (χ2v) is 17.5. The first-order valence-corrected chi connectivity index (χ1v) is 23.1. The summed E-state index contributed by atoms with van der Waals surface area (Å²) in [5.41, 5.74) is 1.92. The molecule has 1 aliphatic carbocycles. The lowest BCUT2D eigenvalue weighted by atomic mass is 9.86. The molecule has 20 heteroatoms. The van der Waals surface area contributed by atoms with Crippen LogP contribution in [0.5, 0.6) is 5.75 Å². The number of imide groups is 2. The maximum atomic E-state index is 13.4. The summed E-state index contributed by atoms with van der Waals surface area (Å²) < 4.78 is 65.0. The Labute approximate surface area is 390 Å². The Balaban J connectivity index is 0.707. The number of anilines is 1. The normalized spacial score (nSPS) is 20.5. The van der Waals surface area contributed by atoms with E-state index < -0.39 is 47.3 Å². The number of alkyl halides is 3. The highest BCUT2D eigenvalue weighted by Crippen LogP contribution is 2.38. The number of aromatic nitrogens is 2. The molecule has 364 valence electrons. The van der Waals surface area contributed by atoms with Gasteiger partial charge in [0.15, 0.2) is 0 Å². The zero-order valence-corrected chi connectivity index (χ0v) is 37.6. The number of carbonyl (C=O) groups excluding carboxylic acids is 5. The molecule has 1 aromatic heterocycles. The Morgan fingerprint density at radius 1 is 0.779 bits per heavy atom. The zero-order chi connectivity index (χ0) is 47.8. The molecule has 68 heavy (non-hydrogen) atoms. The van der Waals surface area contributed by atoms with Crippen molar-refractivity contribution in [1.29, 1.82) is 0 Å². The molecule has 1 saturated carbocycles. The number of fused-ring (bicyclic) bond motifs is 2. The van der Waals surface area contributed by atoms with Gasteiger partial charge in [-0.05, 0) is 92.1 Å². The van der Waals surface area contributed by atoms with Crippen LogP contribution in [-0.4, -0.2) is 151 Å². The smallest absolute Gasteiger partial charge is 0.416 e. The summed E-state index contributed by atoms with van der Waals surface area (Å²) in [4.78, 5) is 73.5. The standard InChI is InChI=1S/C48H56F3N7O10/c49-48(50,51)34-3-1-2-33(27-34)43(61)54-47-52-39-26-32(6-11-40(39)57(47)35-7-4-31(30-59)5-8-35)29-56-16-14-55(15-17-56)18-19-65-20-21-66-22-23-67-24-25-68-36-9-10-37-38(28-36)46(64)58(45(37)63)41-12-13-42(60)53-44(41)62/h1-3,6,9-11,26-28,31,35,41,59H,4-5,7-8,12-25,29-30H2,(H,52,54,61)(H,53,60,62). The van der Waals surface area contributed by atoms with Crippen molar-refractivity contribution in [3.05, 3.63) is 88.5 Å². The largest absolute Gasteiger partial charge is 0.491 e. The third-order valence-electron chi connectivity index (χ3n) is 12.9. The van der Waals surface area contributed by atoms with E-state index in [2.05, 4.69) is 26.5 Å². The fourth-order valence-corrected chi connectivity index (χ4v) is 9.22. The maximum Gasteiger partial charge on any atom is 0.416 e. The predicted octanol–water partition coefficient (Wildman–Crippen LogP) is 4.68. The number of benzene rings is 3.